The minimum Gasteiger partial charge on any atom is -0.469 e. The minimum atomic E-state index is -0.365. The van der Waals surface area contributed by atoms with E-state index in [9.17, 15) is 9.59 Å². The topological polar surface area (TPSA) is 55.4 Å². The quantitative estimate of drug-likeness (QED) is 0.849. The average Bonchev–Trinajstić information content (AvgIpc) is 2.42. The number of benzene rings is 1. The SMILES string of the molecule is COC(=O)CCC(=O)NCc1ccc(C(C)(C)C)cc1C. The molecule has 21 heavy (non-hydrogen) atoms. The molecule has 0 aromatic heterocycles. The Morgan fingerprint density at radius 1 is 1.19 bits per heavy atom. The van der Waals surface area contributed by atoms with E-state index in [0.717, 1.165) is 11.1 Å². The third-order valence-electron chi connectivity index (χ3n) is 3.47. The first kappa shape index (κ1) is 17.2. The highest BCUT2D eigenvalue weighted by molar-refractivity contribution is 5.81. The molecule has 0 aliphatic carbocycles. The molecule has 0 aliphatic heterocycles. The Bertz CT molecular complexity index is 515. The lowest BCUT2D eigenvalue weighted by molar-refractivity contribution is -0.142. The van der Waals surface area contributed by atoms with Crippen molar-refractivity contribution in [1.82, 2.24) is 5.32 Å². The molecule has 0 saturated heterocycles. The molecule has 0 saturated carbocycles. The van der Waals surface area contributed by atoms with Crippen molar-refractivity contribution in [3.05, 3.63) is 34.9 Å². The first-order chi connectivity index (χ1) is 9.74. The molecule has 4 nitrogen and oxygen atoms in total. The number of ether oxygens (including phenoxy) is 1. The van der Waals surface area contributed by atoms with E-state index in [1.165, 1.54) is 12.7 Å². The summed E-state index contributed by atoms with van der Waals surface area (Å²) in [6, 6.07) is 6.31. The van der Waals surface area contributed by atoms with Gasteiger partial charge in [-0.25, -0.2) is 0 Å². The fourth-order valence-corrected chi connectivity index (χ4v) is 1.96. The summed E-state index contributed by atoms with van der Waals surface area (Å²) in [7, 11) is 1.32. The molecule has 1 rings (SSSR count). The first-order valence-corrected chi connectivity index (χ1v) is 7.17. The number of nitrogens with one attached hydrogen (secondary N) is 1. The van der Waals surface area contributed by atoms with Crippen LogP contribution in [0.1, 0.15) is 50.3 Å². The first-order valence-electron chi connectivity index (χ1n) is 7.17. The van der Waals surface area contributed by atoms with Gasteiger partial charge in [-0.1, -0.05) is 39.0 Å². The molecule has 1 N–H and O–H groups in total. The van der Waals surface area contributed by atoms with Crippen LogP contribution in [0.2, 0.25) is 0 Å². The van der Waals surface area contributed by atoms with Crippen LogP contribution in [0.15, 0.2) is 18.2 Å². The van der Waals surface area contributed by atoms with Gasteiger partial charge in [0.25, 0.3) is 0 Å². The van der Waals surface area contributed by atoms with Crippen LogP contribution < -0.4 is 5.32 Å². The normalized spacial score (nSPS) is 11.1. The van der Waals surface area contributed by atoms with Gasteiger partial charge >= 0.3 is 5.97 Å². The second-order valence-corrected chi connectivity index (χ2v) is 6.24. The van der Waals surface area contributed by atoms with Crippen LogP contribution in [0.5, 0.6) is 0 Å². The van der Waals surface area contributed by atoms with Crippen molar-refractivity contribution in [2.24, 2.45) is 0 Å². The lowest BCUT2D eigenvalue weighted by Gasteiger charge is -2.20. The van der Waals surface area contributed by atoms with E-state index in [2.05, 4.69) is 49.0 Å². The Balaban J connectivity index is 2.56. The highest BCUT2D eigenvalue weighted by Gasteiger charge is 2.14. The maximum absolute atomic E-state index is 11.7. The van der Waals surface area contributed by atoms with E-state index in [-0.39, 0.29) is 30.1 Å². The Morgan fingerprint density at radius 2 is 1.86 bits per heavy atom. The van der Waals surface area contributed by atoms with E-state index in [1.54, 1.807) is 0 Å². The van der Waals surface area contributed by atoms with Gasteiger partial charge in [0.2, 0.25) is 5.91 Å². The van der Waals surface area contributed by atoms with Crippen molar-refractivity contribution >= 4 is 11.9 Å². The molecule has 0 heterocycles. The van der Waals surface area contributed by atoms with Gasteiger partial charge in [0.05, 0.1) is 13.5 Å². The van der Waals surface area contributed by atoms with Crippen molar-refractivity contribution in [2.45, 2.75) is 52.5 Å². The van der Waals surface area contributed by atoms with Gasteiger partial charge in [0.15, 0.2) is 0 Å². The molecule has 0 bridgehead atoms. The Hall–Kier alpha value is -1.84. The molecule has 1 aromatic rings. The van der Waals surface area contributed by atoms with E-state index in [4.69, 9.17) is 0 Å². The van der Waals surface area contributed by atoms with E-state index >= 15 is 0 Å². The van der Waals surface area contributed by atoms with Gasteiger partial charge in [-0.3, -0.25) is 9.59 Å². The highest BCUT2D eigenvalue weighted by Crippen LogP contribution is 2.24. The Morgan fingerprint density at radius 3 is 2.38 bits per heavy atom. The number of hydrogen-bond acceptors (Lipinski definition) is 3. The molecule has 116 valence electrons. The van der Waals surface area contributed by atoms with Crippen LogP contribution in [0.25, 0.3) is 0 Å². The largest absolute Gasteiger partial charge is 0.469 e. The summed E-state index contributed by atoms with van der Waals surface area (Å²) in [4.78, 5) is 22.6. The Kier molecular flexibility index (Phi) is 5.94. The zero-order chi connectivity index (χ0) is 16.0. The number of hydrogen-bond donors (Lipinski definition) is 1. The van der Waals surface area contributed by atoms with Crippen LogP contribution in [-0.4, -0.2) is 19.0 Å². The molecule has 0 unspecified atom stereocenters. The molecule has 1 amide bonds. The lowest BCUT2D eigenvalue weighted by atomic mass is 9.85. The average molecular weight is 291 g/mol. The van der Waals surface area contributed by atoms with E-state index in [1.807, 2.05) is 6.92 Å². The van der Waals surface area contributed by atoms with E-state index in [0.29, 0.717) is 6.54 Å². The van der Waals surface area contributed by atoms with Crippen LogP contribution in [0.4, 0.5) is 0 Å². The van der Waals surface area contributed by atoms with Crippen molar-refractivity contribution in [3.63, 3.8) is 0 Å². The lowest BCUT2D eigenvalue weighted by Crippen LogP contribution is -2.24. The maximum Gasteiger partial charge on any atom is 0.306 e. The van der Waals surface area contributed by atoms with Crippen LogP contribution in [0.3, 0.4) is 0 Å². The molecule has 0 aliphatic rings. The van der Waals surface area contributed by atoms with Gasteiger partial charge in [0, 0.05) is 13.0 Å². The second kappa shape index (κ2) is 7.25. The summed E-state index contributed by atoms with van der Waals surface area (Å²) in [5, 5.41) is 2.83. The van der Waals surface area contributed by atoms with Crippen molar-refractivity contribution in [1.29, 1.82) is 0 Å². The van der Waals surface area contributed by atoms with Gasteiger partial charge in [-0.05, 0) is 29.0 Å². The number of carbonyl (C=O) groups is 2. The number of methoxy groups -OCH3 is 1. The molecule has 1 aromatic carbocycles. The molecule has 4 heteroatoms. The summed E-state index contributed by atoms with van der Waals surface area (Å²) in [6.45, 7) is 9.06. The number of amides is 1. The summed E-state index contributed by atoms with van der Waals surface area (Å²) >= 11 is 0. The summed E-state index contributed by atoms with van der Waals surface area (Å²) < 4.78 is 4.51. The van der Waals surface area contributed by atoms with Gasteiger partial charge in [-0.15, -0.1) is 0 Å². The molecular formula is C17H25NO3. The maximum atomic E-state index is 11.7. The van der Waals surface area contributed by atoms with Crippen molar-refractivity contribution < 1.29 is 14.3 Å². The third-order valence-corrected chi connectivity index (χ3v) is 3.47. The molecule has 0 radical (unpaired) electrons. The molecule has 0 spiro atoms. The number of aryl methyl sites for hydroxylation is 1. The second-order valence-electron chi connectivity index (χ2n) is 6.24. The zero-order valence-electron chi connectivity index (χ0n) is 13.6. The van der Waals surface area contributed by atoms with Gasteiger partial charge in [-0.2, -0.15) is 0 Å². The monoisotopic (exact) mass is 291 g/mol. The third kappa shape index (κ3) is 5.58. The summed E-state index contributed by atoms with van der Waals surface area (Å²) in [5.41, 5.74) is 3.65. The number of rotatable bonds is 5. The van der Waals surface area contributed by atoms with Crippen LogP contribution in [-0.2, 0) is 26.3 Å². The zero-order valence-corrected chi connectivity index (χ0v) is 13.6. The fraction of sp³-hybridized carbons (Fsp3) is 0.529. The molecule has 0 atom stereocenters. The number of carbonyl (C=O) groups excluding carboxylic acids is 2. The van der Waals surface area contributed by atoms with Gasteiger partial charge < -0.3 is 10.1 Å². The van der Waals surface area contributed by atoms with Crippen LogP contribution >= 0.6 is 0 Å². The molecule has 0 fully saturated rings. The predicted molar refractivity (Wildman–Crippen MR) is 83.0 cm³/mol. The van der Waals surface area contributed by atoms with E-state index < -0.39 is 0 Å². The number of esters is 1. The van der Waals surface area contributed by atoms with Crippen LogP contribution in [0, 0.1) is 6.92 Å². The minimum absolute atomic E-state index is 0.115. The van der Waals surface area contributed by atoms with Gasteiger partial charge in [0.1, 0.15) is 0 Å². The highest BCUT2D eigenvalue weighted by atomic mass is 16.5. The summed E-state index contributed by atoms with van der Waals surface area (Å²) in [5.74, 6) is -0.504. The molecular weight excluding hydrogens is 266 g/mol. The standard InChI is InChI=1S/C17H25NO3/c1-12-10-14(17(2,3)4)7-6-13(12)11-18-15(19)8-9-16(20)21-5/h6-7,10H,8-9,11H2,1-5H3,(H,18,19). The predicted octanol–water partition coefficient (Wildman–Crippen LogP) is 2.86. The van der Waals surface area contributed by atoms with Crippen molar-refractivity contribution in [3.8, 4) is 0 Å². The Labute approximate surface area is 126 Å². The van der Waals surface area contributed by atoms with Crippen molar-refractivity contribution in [2.75, 3.05) is 7.11 Å². The summed E-state index contributed by atoms with van der Waals surface area (Å²) in [6.07, 6.45) is 0.274. The fourth-order valence-electron chi connectivity index (χ4n) is 1.96. The smallest absolute Gasteiger partial charge is 0.306 e.